The van der Waals surface area contributed by atoms with Crippen molar-refractivity contribution in [2.45, 2.75) is 13.3 Å². The number of alkyl halides is 2. The Kier molecular flexibility index (Phi) is 2.69. The van der Waals surface area contributed by atoms with E-state index in [1.807, 2.05) is 0 Å². The lowest BCUT2D eigenvalue weighted by Crippen LogP contribution is -2.00. The zero-order valence-corrected chi connectivity index (χ0v) is 6.90. The highest BCUT2D eigenvalue weighted by Crippen LogP contribution is 2.25. The minimum atomic E-state index is -2.62. The van der Waals surface area contributed by atoms with Gasteiger partial charge in [0.1, 0.15) is 5.69 Å². The van der Waals surface area contributed by atoms with Crippen LogP contribution in [0.3, 0.4) is 0 Å². The third-order valence-corrected chi connectivity index (χ3v) is 1.69. The van der Waals surface area contributed by atoms with Crippen molar-refractivity contribution in [3.63, 3.8) is 0 Å². The number of nitrogens with zero attached hydrogens (tertiary/aromatic N) is 1. The first-order valence-corrected chi connectivity index (χ1v) is 3.89. The predicted molar refractivity (Wildman–Crippen MR) is 38.4 cm³/mol. The summed E-state index contributed by atoms with van der Waals surface area (Å²) in [6.45, 7) is 1.18. The van der Waals surface area contributed by atoms with Crippen LogP contribution in [-0.2, 0) is 4.79 Å². The van der Waals surface area contributed by atoms with Crippen LogP contribution in [0.5, 0.6) is 5.19 Å². The minimum absolute atomic E-state index is 0.0437. The van der Waals surface area contributed by atoms with E-state index in [4.69, 9.17) is 0 Å². The second-order valence-electron chi connectivity index (χ2n) is 1.93. The van der Waals surface area contributed by atoms with Gasteiger partial charge in [0, 0.05) is 12.3 Å². The summed E-state index contributed by atoms with van der Waals surface area (Å²) in [5, 5.41) is 1.11. The molecule has 12 heavy (non-hydrogen) atoms. The highest BCUT2D eigenvalue weighted by Gasteiger charge is 2.12. The third-order valence-electron chi connectivity index (χ3n) is 0.955. The summed E-state index contributed by atoms with van der Waals surface area (Å²) in [6.07, 6.45) is -2.62. The molecular weight excluding hydrogens is 188 g/mol. The van der Waals surface area contributed by atoms with Crippen LogP contribution in [-0.4, -0.2) is 11.0 Å². The van der Waals surface area contributed by atoms with Crippen molar-refractivity contribution in [3.8, 4) is 5.19 Å². The van der Waals surface area contributed by atoms with Gasteiger partial charge in [-0.25, -0.2) is 13.8 Å². The van der Waals surface area contributed by atoms with Crippen molar-refractivity contribution in [2.24, 2.45) is 0 Å². The molecule has 0 bridgehead atoms. The molecule has 6 heteroatoms. The van der Waals surface area contributed by atoms with Gasteiger partial charge in [0.2, 0.25) is 0 Å². The standard InChI is InChI=1S/C6H5F2NO2S/c1-3(10)11-6-9-4(2-12-6)5(7)8/h2,5H,1H3. The SMILES string of the molecule is CC(=O)Oc1nc(C(F)F)cs1. The number of halogens is 2. The fourth-order valence-corrected chi connectivity index (χ4v) is 1.24. The van der Waals surface area contributed by atoms with Crippen molar-refractivity contribution in [3.05, 3.63) is 11.1 Å². The monoisotopic (exact) mass is 193 g/mol. The number of rotatable bonds is 2. The van der Waals surface area contributed by atoms with Gasteiger partial charge in [0.25, 0.3) is 11.6 Å². The smallest absolute Gasteiger partial charge is 0.309 e. The van der Waals surface area contributed by atoms with E-state index in [-0.39, 0.29) is 10.9 Å². The maximum atomic E-state index is 11.9. The molecule has 0 fully saturated rings. The Balaban J connectivity index is 2.70. The highest BCUT2D eigenvalue weighted by molar-refractivity contribution is 7.11. The van der Waals surface area contributed by atoms with Gasteiger partial charge in [0.15, 0.2) is 0 Å². The number of carbonyl (C=O) groups is 1. The second kappa shape index (κ2) is 3.57. The maximum absolute atomic E-state index is 11.9. The van der Waals surface area contributed by atoms with Crippen molar-refractivity contribution in [1.29, 1.82) is 0 Å². The first-order valence-electron chi connectivity index (χ1n) is 3.01. The summed E-state index contributed by atoms with van der Waals surface area (Å²) >= 11 is 0.872. The predicted octanol–water partition coefficient (Wildman–Crippen LogP) is 2.01. The molecule has 1 rings (SSSR count). The topological polar surface area (TPSA) is 39.2 Å². The Bertz CT molecular complexity index is 287. The summed E-state index contributed by atoms with van der Waals surface area (Å²) < 4.78 is 28.3. The van der Waals surface area contributed by atoms with Gasteiger partial charge in [-0.3, -0.25) is 4.79 Å². The molecule has 0 saturated heterocycles. The molecule has 0 radical (unpaired) electrons. The molecule has 1 aromatic heterocycles. The first-order chi connectivity index (χ1) is 5.59. The number of carbonyl (C=O) groups excluding carboxylic acids is 1. The zero-order chi connectivity index (χ0) is 9.14. The number of hydrogen-bond donors (Lipinski definition) is 0. The van der Waals surface area contributed by atoms with Gasteiger partial charge >= 0.3 is 5.97 Å². The van der Waals surface area contributed by atoms with Crippen LogP contribution < -0.4 is 4.74 Å². The molecule has 0 amide bonds. The first kappa shape index (κ1) is 9.05. The lowest BCUT2D eigenvalue weighted by molar-refractivity contribution is -0.131. The molecule has 0 aliphatic carbocycles. The third kappa shape index (κ3) is 2.23. The van der Waals surface area contributed by atoms with E-state index in [9.17, 15) is 13.6 Å². The molecule has 66 valence electrons. The fourth-order valence-electron chi connectivity index (χ4n) is 0.539. The lowest BCUT2D eigenvalue weighted by Gasteiger charge is -1.92. The zero-order valence-electron chi connectivity index (χ0n) is 6.08. The van der Waals surface area contributed by atoms with E-state index >= 15 is 0 Å². The highest BCUT2D eigenvalue weighted by atomic mass is 32.1. The molecule has 0 N–H and O–H groups in total. The summed E-state index contributed by atoms with van der Waals surface area (Å²) in [4.78, 5) is 13.7. The summed E-state index contributed by atoms with van der Waals surface area (Å²) in [7, 11) is 0. The molecular formula is C6H5F2NO2S. The molecule has 0 aromatic carbocycles. The van der Waals surface area contributed by atoms with Crippen molar-refractivity contribution >= 4 is 17.3 Å². The Labute approximate surface area is 71.0 Å². The van der Waals surface area contributed by atoms with Crippen molar-refractivity contribution in [1.82, 2.24) is 4.98 Å². The number of hydrogen-bond acceptors (Lipinski definition) is 4. The van der Waals surface area contributed by atoms with E-state index in [0.717, 1.165) is 16.7 Å². The molecule has 0 spiro atoms. The van der Waals surface area contributed by atoms with Crippen LogP contribution in [0, 0.1) is 0 Å². The Hall–Kier alpha value is -1.04. The normalized spacial score (nSPS) is 10.3. The number of thiazole rings is 1. The molecule has 0 aliphatic rings. The quantitative estimate of drug-likeness (QED) is 0.674. The second-order valence-corrected chi connectivity index (χ2v) is 2.75. The van der Waals surface area contributed by atoms with Crippen LogP contribution in [0.1, 0.15) is 19.0 Å². The molecule has 0 atom stereocenters. The maximum Gasteiger partial charge on any atom is 0.309 e. The summed E-state index contributed by atoms with van der Waals surface area (Å²) in [5.74, 6) is -0.565. The molecule has 3 nitrogen and oxygen atoms in total. The largest absolute Gasteiger partial charge is 0.398 e. The van der Waals surface area contributed by atoms with Gasteiger partial charge in [-0.15, -0.1) is 0 Å². The molecule has 0 unspecified atom stereocenters. The molecule has 1 heterocycles. The average Bonchev–Trinajstić information content (AvgIpc) is 2.34. The van der Waals surface area contributed by atoms with Crippen LogP contribution in [0.4, 0.5) is 8.78 Å². The van der Waals surface area contributed by atoms with E-state index in [2.05, 4.69) is 9.72 Å². The lowest BCUT2D eigenvalue weighted by atomic mass is 10.5. The van der Waals surface area contributed by atoms with Gasteiger partial charge in [0.05, 0.1) is 0 Å². The van der Waals surface area contributed by atoms with Crippen LogP contribution in [0.2, 0.25) is 0 Å². The van der Waals surface area contributed by atoms with E-state index in [1.165, 1.54) is 6.92 Å². The Morgan fingerprint density at radius 2 is 2.42 bits per heavy atom. The molecule has 0 saturated carbocycles. The Morgan fingerprint density at radius 1 is 1.75 bits per heavy atom. The van der Waals surface area contributed by atoms with Gasteiger partial charge in [-0.2, -0.15) is 0 Å². The summed E-state index contributed by atoms with van der Waals surface area (Å²) in [6, 6.07) is 0. The molecule has 1 aromatic rings. The van der Waals surface area contributed by atoms with Gasteiger partial charge in [-0.1, -0.05) is 11.3 Å². The number of aromatic nitrogens is 1. The van der Waals surface area contributed by atoms with E-state index < -0.39 is 12.4 Å². The van der Waals surface area contributed by atoms with Crippen molar-refractivity contribution < 1.29 is 18.3 Å². The van der Waals surface area contributed by atoms with E-state index in [0.29, 0.717) is 0 Å². The van der Waals surface area contributed by atoms with Gasteiger partial charge in [-0.05, 0) is 0 Å². The molecule has 0 aliphatic heterocycles. The van der Waals surface area contributed by atoms with Gasteiger partial charge < -0.3 is 4.74 Å². The van der Waals surface area contributed by atoms with Crippen LogP contribution in [0.15, 0.2) is 5.38 Å². The van der Waals surface area contributed by atoms with E-state index in [1.54, 1.807) is 0 Å². The number of ether oxygens (including phenoxy) is 1. The van der Waals surface area contributed by atoms with Crippen LogP contribution >= 0.6 is 11.3 Å². The number of esters is 1. The minimum Gasteiger partial charge on any atom is -0.398 e. The Morgan fingerprint density at radius 3 is 2.83 bits per heavy atom. The summed E-state index contributed by atoms with van der Waals surface area (Å²) in [5.41, 5.74) is -0.365. The van der Waals surface area contributed by atoms with Crippen LogP contribution in [0.25, 0.3) is 0 Å². The fraction of sp³-hybridized carbons (Fsp3) is 0.333. The average molecular weight is 193 g/mol. The van der Waals surface area contributed by atoms with Crippen molar-refractivity contribution in [2.75, 3.05) is 0 Å².